The number of carbonyl (C=O) groups excluding carboxylic acids is 1. The van der Waals surface area contributed by atoms with Gasteiger partial charge < -0.3 is 9.80 Å². The van der Waals surface area contributed by atoms with E-state index < -0.39 is 0 Å². The molecule has 1 fully saturated rings. The van der Waals surface area contributed by atoms with E-state index in [9.17, 15) is 4.79 Å². The van der Waals surface area contributed by atoms with Crippen LogP contribution in [0.1, 0.15) is 21.5 Å². The van der Waals surface area contributed by atoms with Crippen LogP contribution in [0.2, 0.25) is 0 Å². The van der Waals surface area contributed by atoms with Gasteiger partial charge in [0.15, 0.2) is 0 Å². The first-order valence-corrected chi connectivity index (χ1v) is 13.2. The molecule has 188 valence electrons. The molecular formula is C33H31N4O+. The minimum Gasteiger partial charge on any atom is -0.360 e. The molecule has 5 aromatic rings. The fraction of sp³-hybridized carbons (Fsp3) is 0.152. The zero-order valence-corrected chi connectivity index (χ0v) is 21.3. The largest absolute Gasteiger partial charge is 0.360 e. The summed E-state index contributed by atoms with van der Waals surface area (Å²) in [5.74, 6) is -0.207. The van der Waals surface area contributed by atoms with Crippen LogP contribution < -0.4 is 15.2 Å². The molecular weight excluding hydrogens is 468 g/mol. The molecule has 2 N–H and O–H groups in total. The van der Waals surface area contributed by atoms with E-state index in [1.54, 1.807) is 11.1 Å². The highest BCUT2D eigenvalue weighted by molar-refractivity contribution is 6.13. The number of anilines is 1. The molecule has 0 aromatic heterocycles. The van der Waals surface area contributed by atoms with Crippen molar-refractivity contribution in [3.8, 4) is 0 Å². The first-order valence-electron chi connectivity index (χ1n) is 13.2. The first kappa shape index (κ1) is 23.9. The molecule has 0 saturated carbocycles. The van der Waals surface area contributed by atoms with Gasteiger partial charge in [-0.1, -0.05) is 78.9 Å². The third kappa shape index (κ3) is 5.15. The van der Waals surface area contributed by atoms with Crippen LogP contribution in [0.5, 0.6) is 0 Å². The number of quaternary nitrogens is 1. The number of hydrogen-bond acceptors (Lipinski definition) is 3. The zero-order chi connectivity index (χ0) is 25.7. The predicted octanol–water partition coefficient (Wildman–Crippen LogP) is 4.66. The molecule has 1 aliphatic rings. The van der Waals surface area contributed by atoms with Gasteiger partial charge >= 0.3 is 0 Å². The number of para-hydroxylation sites is 1. The summed E-state index contributed by atoms with van der Waals surface area (Å²) < 4.78 is 0. The van der Waals surface area contributed by atoms with Gasteiger partial charge in [-0.05, 0) is 51.9 Å². The number of nitrogens with one attached hydrogen (secondary N) is 2. The zero-order valence-electron chi connectivity index (χ0n) is 21.3. The van der Waals surface area contributed by atoms with Crippen molar-refractivity contribution in [2.75, 3.05) is 31.1 Å². The summed E-state index contributed by atoms with van der Waals surface area (Å²) in [7, 11) is 0. The Balaban J connectivity index is 1.08. The molecule has 1 amide bonds. The molecule has 5 nitrogen and oxygen atoms in total. The molecule has 0 bridgehead atoms. The lowest BCUT2D eigenvalue weighted by atomic mass is 9.97. The van der Waals surface area contributed by atoms with Crippen LogP contribution in [-0.4, -0.2) is 38.3 Å². The quantitative estimate of drug-likeness (QED) is 0.203. The van der Waals surface area contributed by atoms with E-state index in [2.05, 4.69) is 88.2 Å². The van der Waals surface area contributed by atoms with Crippen molar-refractivity contribution >= 4 is 39.4 Å². The number of rotatable bonds is 6. The van der Waals surface area contributed by atoms with Gasteiger partial charge in [-0.3, -0.25) is 4.79 Å². The van der Waals surface area contributed by atoms with Gasteiger partial charge in [0.2, 0.25) is 0 Å². The molecule has 0 spiro atoms. The Labute approximate surface area is 223 Å². The van der Waals surface area contributed by atoms with Crippen molar-refractivity contribution < 1.29 is 9.69 Å². The minimum absolute atomic E-state index is 0.207. The van der Waals surface area contributed by atoms with E-state index in [1.807, 2.05) is 36.4 Å². The second-order valence-corrected chi connectivity index (χ2v) is 9.88. The van der Waals surface area contributed by atoms with Gasteiger partial charge in [0, 0.05) is 22.4 Å². The van der Waals surface area contributed by atoms with Gasteiger partial charge in [0.1, 0.15) is 6.54 Å². The van der Waals surface area contributed by atoms with Crippen molar-refractivity contribution in [1.29, 1.82) is 0 Å². The summed E-state index contributed by atoms with van der Waals surface area (Å²) in [6, 6.07) is 37.2. The second-order valence-electron chi connectivity index (χ2n) is 9.88. The maximum absolute atomic E-state index is 12.8. The van der Waals surface area contributed by atoms with Crippen LogP contribution in [0.25, 0.3) is 21.5 Å². The van der Waals surface area contributed by atoms with Gasteiger partial charge in [-0.15, -0.1) is 0 Å². The van der Waals surface area contributed by atoms with E-state index in [4.69, 9.17) is 0 Å². The lowest BCUT2D eigenvalue weighted by molar-refractivity contribution is -0.914. The molecule has 38 heavy (non-hydrogen) atoms. The molecule has 1 aliphatic heterocycles. The van der Waals surface area contributed by atoms with Crippen molar-refractivity contribution in [3.05, 3.63) is 126 Å². The third-order valence-corrected chi connectivity index (χ3v) is 7.43. The molecule has 5 aromatic carbocycles. The number of amides is 1. The van der Waals surface area contributed by atoms with E-state index in [1.165, 1.54) is 11.3 Å². The average Bonchev–Trinajstić information content (AvgIpc) is 2.98. The number of carbonyl (C=O) groups is 1. The van der Waals surface area contributed by atoms with Gasteiger partial charge in [0.05, 0.1) is 32.4 Å². The maximum Gasteiger partial charge on any atom is 0.271 e. The number of hydrazone groups is 1. The molecule has 0 atom stereocenters. The average molecular weight is 500 g/mol. The van der Waals surface area contributed by atoms with Crippen LogP contribution in [-0.2, 0) is 6.54 Å². The van der Waals surface area contributed by atoms with E-state index >= 15 is 0 Å². The maximum atomic E-state index is 12.8. The minimum atomic E-state index is -0.207. The third-order valence-electron chi connectivity index (χ3n) is 7.43. The lowest BCUT2D eigenvalue weighted by Gasteiger charge is -2.33. The highest BCUT2D eigenvalue weighted by Crippen LogP contribution is 2.27. The summed E-state index contributed by atoms with van der Waals surface area (Å²) in [4.78, 5) is 16.8. The number of nitrogens with zero attached hydrogens (tertiary/aromatic N) is 2. The Morgan fingerprint density at radius 2 is 1.39 bits per heavy atom. The highest BCUT2D eigenvalue weighted by Gasteiger charge is 2.20. The van der Waals surface area contributed by atoms with Gasteiger partial charge in [-0.25, -0.2) is 5.43 Å². The molecule has 5 heteroatoms. The Bertz CT molecular complexity index is 1530. The van der Waals surface area contributed by atoms with Crippen molar-refractivity contribution in [1.82, 2.24) is 5.43 Å². The van der Waals surface area contributed by atoms with Gasteiger partial charge in [0.25, 0.3) is 5.91 Å². The molecule has 0 aliphatic carbocycles. The van der Waals surface area contributed by atoms with Crippen LogP contribution in [0.4, 0.5) is 5.69 Å². The molecule has 1 heterocycles. The Kier molecular flexibility index (Phi) is 6.83. The van der Waals surface area contributed by atoms with Crippen LogP contribution in [0, 0.1) is 0 Å². The molecule has 1 saturated heterocycles. The predicted molar refractivity (Wildman–Crippen MR) is 156 cm³/mol. The van der Waals surface area contributed by atoms with Gasteiger partial charge in [-0.2, -0.15) is 5.10 Å². The second kappa shape index (κ2) is 10.9. The molecule has 6 rings (SSSR count). The van der Waals surface area contributed by atoms with Crippen molar-refractivity contribution in [3.63, 3.8) is 0 Å². The number of benzene rings is 5. The number of piperazine rings is 1. The monoisotopic (exact) mass is 499 g/mol. The first-order chi connectivity index (χ1) is 18.7. The molecule has 0 radical (unpaired) electrons. The number of fused-ring (bicyclic) bond motifs is 2. The SMILES string of the molecule is O=C(N/N=C\c1c2ccccc2cc2ccccc12)c1ccc(C[NH+]2CCN(c3ccccc3)CC2)cc1. The Morgan fingerprint density at radius 3 is 2.05 bits per heavy atom. The van der Waals surface area contributed by atoms with Crippen LogP contribution in [0.3, 0.4) is 0 Å². The summed E-state index contributed by atoms with van der Waals surface area (Å²) in [5, 5.41) is 8.86. The van der Waals surface area contributed by atoms with Crippen molar-refractivity contribution in [2.24, 2.45) is 5.10 Å². The normalized spacial score (nSPS) is 14.4. The molecule has 0 unspecified atom stereocenters. The summed E-state index contributed by atoms with van der Waals surface area (Å²) in [6.07, 6.45) is 1.76. The fourth-order valence-electron chi connectivity index (χ4n) is 5.37. The standard InChI is InChI=1S/C33H30N4O/c38-33(35-34-23-32-30-12-6-4-8-27(30)22-28-9-5-7-13-31(28)32)26-16-14-25(15-17-26)24-36-18-20-37(21-19-36)29-10-2-1-3-11-29/h1-17,22-23H,18-21,24H2,(H,35,38)/p+1/b34-23-. The van der Waals surface area contributed by atoms with Crippen molar-refractivity contribution in [2.45, 2.75) is 6.54 Å². The van der Waals surface area contributed by atoms with E-state index in [-0.39, 0.29) is 5.91 Å². The smallest absolute Gasteiger partial charge is 0.271 e. The lowest BCUT2D eigenvalue weighted by Crippen LogP contribution is -3.13. The number of hydrogen-bond donors (Lipinski definition) is 2. The van der Waals surface area contributed by atoms with Crippen LogP contribution in [0.15, 0.2) is 114 Å². The van der Waals surface area contributed by atoms with E-state index in [0.29, 0.717) is 5.56 Å². The van der Waals surface area contributed by atoms with E-state index in [0.717, 1.165) is 59.8 Å². The Morgan fingerprint density at radius 1 is 0.789 bits per heavy atom. The fourth-order valence-corrected chi connectivity index (χ4v) is 5.37. The summed E-state index contributed by atoms with van der Waals surface area (Å²) in [5.41, 5.74) is 6.88. The Hall–Kier alpha value is -4.48. The van der Waals surface area contributed by atoms with Crippen LogP contribution >= 0.6 is 0 Å². The topological polar surface area (TPSA) is 49.1 Å². The summed E-state index contributed by atoms with van der Waals surface area (Å²) >= 11 is 0. The highest BCUT2D eigenvalue weighted by atomic mass is 16.2. The summed E-state index contributed by atoms with van der Waals surface area (Å²) in [6.45, 7) is 5.30.